The first-order valence-corrected chi connectivity index (χ1v) is 2.52. The van der Waals surface area contributed by atoms with Crippen molar-refractivity contribution in [3.63, 3.8) is 0 Å². The van der Waals surface area contributed by atoms with Gasteiger partial charge in [0.25, 0.3) is 0 Å². The summed E-state index contributed by atoms with van der Waals surface area (Å²) in [6.07, 6.45) is 0. The molecule has 0 aromatic heterocycles. The van der Waals surface area contributed by atoms with Crippen molar-refractivity contribution in [1.29, 1.82) is 0 Å². The molecule has 0 rings (SSSR count). The van der Waals surface area contributed by atoms with Crippen LogP contribution in [0.15, 0.2) is 0 Å². The minimum Gasteiger partial charge on any atom is -0.481 e. The molecule has 0 aromatic rings. The monoisotopic (exact) mass is 401 g/mol. The van der Waals surface area contributed by atoms with Gasteiger partial charge in [0.1, 0.15) is 5.41 Å². The van der Waals surface area contributed by atoms with Gasteiger partial charge in [0.15, 0.2) is 0 Å². The predicted octanol–water partition coefficient (Wildman–Crippen LogP) is -0.938. The molecule has 0 unspecified atom stereocenters. The van der Waals surface area contributed by atoms with Crippen LogP contribution in [0.25, 0.3) is 0 Å². The maximum atomic E-state index is 10.2. The standard InChI is InChI=1S/C5H10O4.Rf/c1-5(2-6,3-7)4(8)9;/h6-7H,2-3H2,1H3,(H,8,9);. The second-order valence-electron chi connectivity index (χ2n) is 2.18. The van der Waals surface area contributed by atoms with Gasteiger partial charge in [0.05, 0.1) is 13.2 Å². The van der Waals surface area contributed by atoms with Gasteiger partial charge < -0.3 is 15.3 Å². The largest absolute Gasteiger partial charge is 0.481 e. The average Bonchev–Trinajstić information content (AvgIpc) is 1.86. The van der Waals surface area contributed by atoms with Gasteiger partial charge in [-0.3, -0.25) is 4.79 Å². The van der Waals surface area contributed by atoms with Gasteiger partial charge in [0, 0.05) is 0 Å². The molecule has 10 heavy (non-hydrogen) atoms. The third-order valence-electron chi connectivity index (χ3n) is 1.21. The van der Waals surface area contributed by atoms with E-state index < -0.39 is 24.6 Å². The zero-order valence-electron chi connectivity index (χ0n) is 5.87. The van der Waals surface area contributed by atoms with Crippen molar-refractivity contribution in [3.05, 3.63) is 0 Å². The van der Waals surface area contributed by atoms with Gasteiger partial charge in [0.2, 0.25) is 0 Å². The molecule has 0 radical (unpaired) electrons. The Labute approximate surface area is 52.7 Å². The van der Waals surface area contributed by atoms with Crippen LogP contribution < -0.4 is 0 Å². The van der Waals surface area contributed by atoms with E-state index in [4.69, 9.17) is 15.3 Å². The Morgan fingerprint density at radius 1 is 1.40 bits per heavy atom. The summed E-state index contributed by atoms with van der Waals surface area (Å²) in [4.78, 5) is 10.2. The number of carbonyl (C=O) groups is 1. The fourth-order valence-electron chi connectivity index (χ4n) is 0.185. The minimum absolute atomic E-state index is 0. The summed E-state index contributed by atoms with van der Waals surface area (Å²) in [6.45, 7) is 0.187. The Hall–Kier alpha value is -1.61. The zero-order valence-corrected chi connectivity index (χ0v) is 12.3. The van der Waals surface area contributed by atoms with Crippen LogP contribution in [-0.4, -0.2) is 34.5 Å². The molecule has 0 fully saturated rings. The number of carboxylic acid groups (broad SMARTS) is 1. The molecule has 0 bridgehead atoms. The molecule has 0 amide bonds. The van der Waals surface area contributed by atoms with Crippen LogP contribution in [0, 0.1) is 5.41 Å². The molecule has 5 heteroatoms. The fraction of sp³-hybridized carbons (Fsp3) is 0.800. The Morgan fingerprint density at radius 3 is 1.70 bits per heavy atom. The van der Waals surface area contributed by atoms with E-state index in [9.17, 15) is 4.79 Å². The second kappa shape index (κ2) is 3.42. The summed E-state index contributed by atoms with van der Waals surface area (Å²) < 4.78 is 0. The molecule has 0 atom stereocenters. The molecule has 0 aromatic carbocycles. The molecule has 0 spiro atoms. The third-order valence-corrected chi connectivity index (χ3v) is 1.21. The van der Waals surface area contributed by atoms with Gasteiger partial charge in [-0.25, -0.2) is 0 Å². The van der Waals surface area contributed by atoms with Crippen LogP contribution in [0.1, 0.15) is 6.92 Å². The maximum absolute atomic E-state index is 10.2. The van der Waals surface area contributed by atoms with Gasteiger partial charge in [-0.1, -0.05) is 0 Å². The second-order valence-corrected chi connectivity index (χ2v) is 2.18. The van der Waals surface area contributed by atoms with E-state index in [0.29, 0.717) is 0 Å². The maximum Gasteiger partial charge on any atom is 0.314 e. The van der Waals surface area contributed by atoms with E-state index in [1.807, 2.05) is 0 Å². The molecule has 0 saturated heterocycles. The van der Waals surface area contributed by atoms with Crippen LogP contribution in [0.4, 0.5) is 0 Å². The van der Waals surface area contributed by atoms with Crippen LogP contribution in [0.5, 0.6) is 0 Å². The summed E-state index contributed by atoms with van der Waals surface area (Å²) in [6, 6.07) is 0. The quantitative estimate of drug-likeness (QED) is 0.571. The van der Waals surface area contributed by atoms with Gasteiger partial charge in [-0.05, 0) is 6.92 Å². The van der Waals surface area contributed by atoms with Crippen LogP contribution >= 0.6 is 0 Å². The molecular formula is C5H10O4Rf. The predicted molar refractivity (Wildman–Crippen MR) is 29.9 cm³/mol. The number of hydrogen-bond acceptors (Lipinski definition) is 3. The summed E-state index contributed by atoms with van der Waals surface area (Å²) in [7, 11) is 0. The smallest absolute Gasteiger partial charge is 0.314 e. The van der Waals surface area contributed by atoms with E-state index in [1.165, 1.54) is 6.92 Å². The Morgan fingerprint density at radius 2 is 1.70 bits per heavy atom. The number of aliphatic hydroxyl groups is 2. The SMILES string of the molecule is CC(CO)(CO)C(=O)O.[Rf]. The van der Waals surface area contributed by atoms with Crippen molar-refractivity contribution >= 4 is 5.97 Å². The number of rotatable bonds is 3. The molecule has 0 aliphatic rings. The number of carboxylic acids is 1. The first-order valence-electron chi connectivity index (χ1n) is 2.52. The van der Waals surface area contributed by atoms with E-state index in [1.54, 1.807) is 0 Å². The summed E-state index contributed by atoms with van der Waals surface area (Å²) in [5.74, 6) is -1.19. The van der Waals surface area contributed by atoms with Crippen molar-refractivity contribution in [2.24, 2.45) is 5.41 Å². The normalized spacial score (nSPS) is 10.3. The molecule has 0 heterocycles. The van der Waals surface area contributed by atoms with Gasteiger partial charge in [-0.2, -0.15) is 0 Å². The number of aliphatic hydroxyl groups excluding tert-OH is 2. The van der Waals surface area contributed by atoms with E-state index >= 15 is 0 Å². The zero-order chi connectivity index (χ0) is 7.49. The number of aliphatic carboxylic acids is 1. The van der Waals surface area contributed by atoms with Crippen molar-refractivity contribution in [2.45, 2.75) is 6.92 Å². The van der Waals surface area contributed by atoms with Gasteiger partial charge in [-0.15, -0.1) is 0 Å². The van der Waals surface area contributed by atoms with Gasteiger partial charge >= 0.3 is 5.97 Å². The van der Waals surface area contributed by atoms with E-state index in [2.05, 4.69) is 0 Å². The van der Waals surface area contributed by atoms with Crippen molar-refractivity contribution in [1.82, 2.24) is 0 Å². The van der Waals surface area contributed by atoms with Crippen molar-refractivity contribution in [2.75, 3.05) is 13.2 Å². The summed E-state index contributed by atoms with van der Waals surface area (Å²) in [5.41, 5.74) is -1.39. The Balaban J connectivity index is 0. The topological polar surface area (TPSA) is 77.8 Å². The van der Waals surface area contributed by atoms with Crippen molar-refractivity contribution < 1.29 is 20.1 Å². The average molecular weight is 401 g/mol. The van der Waals surface area contributed by atoms with Crippen molar-refractivity contribution in [3.8, 4) is 0 Å². The Kier molecular flexibility index (Phi) is 3.84. The third kappa shape index (κ3) is 1.72. The summed E-state index contributed by atoms with van der Waals surface area (Å²) >= 11 is 0. The molecule has 56 valence electrons. The Bertz CT molecular complexity index is 110. The summed E-state index contributed by atoms with van der Waals surface area (Å²) in [5, 5.41) is 25.1. The molecule has 4 nitrogen and oxygen atoms in total. The first-order chi connectivity index (χ1) is 4.06. The molecular weight excluding hydrogens is 391 g/mol. The van der Waals surface area contributed by atoms with Crippen LogP contribution in [-0.2, 0) is 4.79 Å². The molecule has 0 aliphatic heterocycles. The van der Waals surface area contributed by atoms with E-state index in [-0.39, 0.29) is 0 Å². The fourth-order valence-corrected chi connectivity index (χ4v) is 0.185. The van der Waals surface area contributed by atoms with E-state index in [0.717, 1.165) is 0 Å². The van der Waals surface area contributed by atoms with Crippen LogP contribution in [0.3, 0.4) is 0 Å². The van der Waals surface area contributed by atoms with Crippen LogP contribution in [0.2, 0.25) is 0 Å². The molecule has 0 aliphatic carbocycles. The first kappa shape index (κ1) is 11.2. The molecule has 3 N–H and O–H groups in total. The minimum atomic E-state index is -1.39. The molecule has 0 saturated carbocycles. The number of hydrogen-bond donors (Lipinski definition) is 3.